The minimum absolute atomic E-state index is 0.204. The number of rotatable bonds is 3. The fourth-order valence-corrected chi connectivity index (χ4v) is 6.58. The lowest BCUT2D eigenvalue weighted by atomic mass is 9.74. The Morgan fingerprint density at radius 2 is 1.87 bits per heavy atom. The molecular weight excluding hydrogens is 485 g/mol. The van der Waals surface area contributed by atoms with Crippen molar-refractivity contribution in [3.63, 3.8) is 0 Å². The number of benzene rings is 2. The van der Waals surface area contributed by atoms with E-state index < -0.39 is 0 Å². The maximum Gasteiger partial charge on any atom is 0.0720 e. The molecule has 3 aliphatic rings. The monoisotopic (exact) mass is 517 g/mol. The number of hydrogen-bond acceptors (Lipinski definition) is 4. The average molecular weight is 517 g/mol. The minimum Gasteiger partial charge on any atom is -0.391 e. The molecule has 0 bridgehead atoms. The first kappa shape index (κ1) is 20.7. The van der Waals surface area contributed by atoms with Crippen LogP contribution in [0.1, 0.15) is 30.4 Å². The van der Waals surface area contributed by atoms with Crippen molar-refractivity contribution in [1.82, 2.24) is 9.80 Å². The highest BCUT2D eigenvalue weighted by Gasteiger charge is 2.45. The number of fused-ring (bicyclic) bond motifs is 2. The Kier molecular flexibility index (Phi) is 5.82. The van der Waals surface area contributed by atoms with E-state index in [1.807, 2.05) is 0 Å². The molecule has 1 N–H and O–H groups in total. The van der Waals surface area contributed by atoms with Gasteiger partial charge in [-0.1, -0.05) is 30.3 Å². The molecule has 5 heteroatoms. The van der Waals surface area contributed by atoms with E-state index in [1.54, 1.807) is 0 Å². The van der Waals surface area contributed by atoms with E-state index in [4.69, 9.17) is 0 Å². The first-order valence-electron chi connectivity index (χ1n) is 11.2. The smallest absolute Gasteiger partial charge is 0.0720 e. The molecule has 0 aliphatic carbocycles. The summed E-state index contributed by atoms with van der Waals surface area (Å²) in [6.07, 6.45) is 3.05. The Balaban J connectivity index is 1.25. The van der Waals surface area contributed by atoms with Crippen LogP contribution in [0, 0.1) is 3.57 Å². The summed E-state index contributed by atoms with van der Waals surface area (Å²) in [4.78, 5) is 7.55. The average Bonchev–Trinajstić information content (AvgIpc) is 3.02. The van der Waals surface area contributed by atoms with Crippen molar-refractivity contribution < 1.29 is 5.11 Å². The highest BCUT2D eigenvalue weighted by molar-refractivity contribution is 14.1. The van der Waals surface area contributed by atoms with Crippen molar-refractivity contribution in [3.8, 4) is 0 Å². The number of piperidine rings is 2. The van der Waals surface area contributed by atoms with Gasteiger partial charge in [0.2, 0.25) is 0 Å². The lowest BCUT2D eigenvalue weighted by Gasteiger charge is -2.47. The van der Waals surface area contributed by atoms with Crippen LogP contribution in [0.5, 0.6) is 0 Å². The summed E-state index contributed by atoms with van der Waals surface area (Å²) in [5, 5.41) is 10.8. The molecule has 0 radical (unpaired) electrons. The largest absolute Gasteiger partial charge is 0.391 e. The number of nitrogens with zero attached hydrogens (tertiary/aromatic N) is 3. The zero-order valence-corrected chi connectivity index (χ0v) is 20.0. The third-order valence-electron chi connectivity index (χ3n) is 7.58. The van der Waals surface area contributed by atoms with Crippen molar-refractivity contribution in [2.45, 2.75) is 43.4 Å². The highest BCUT2D eigenvalue weighted by atomic mass is 127. The Morgan fingerprint density at radius 1 is 1.07 bits per heavy atom. The summed E-state index contributed by atoms with van der Waals surface area (Å²) < 4.78 is 1.29. The molecule has 0 saturated carbocycles. The van der Waals surface area contributed by atoms with Crippen LogP contribution in [0.2, 0.25) is 0 Å². The zero-order valence-electron chi connectivity index (χ0n) is 17.8. The molecular formula is C25H32IN3O. The maximum atomic E-state index is 10.8. The SMILES string of the molecule is CN1CC2(CCN([C@@H]3CN(Cc4cccc(I)c4)CC[C@H]3O)CC2)c2ccccc21. The van der Waals surface area contributed by atoms with Crippen LogP contribution < -0.4 is 4.90 Å². The molecule has 5 rings (SSSR count). The lowest BCUT2D eigenvalue weighted by Crippen LogP contribution is -2.58. The van der Waals surface area contributed by atoms with Crippen LogP contribution in [-0.4, -0.2) is 66.8 Å². The second-order valence-electron chi connectivity index (χ2n) is 9.48. The van der Waals surface area contributed by atoms with Gasteiger partial charge in [0, 0.05) is 53.9 Å². The molecule has 2 aromatic rings. The molecule has 4 nitrogen and oxygen atoms in total. The normalized spacial score (nSPS) is 26.8. The number of halogens is 1. The summed E-state index contributed by atoms with van der Waals surface area (Å²) in [5.41, 5.74) is 4.62. The van der Waals surface area contributed by atoms with Gasteiger partial charge in [0.15, 0.2) is 0 Å². The van der Waals surface area contributed by atoms with Gasteiger partial charge in [0.25, 0.3) is 0 Å². The van der Waals surface area contributed by atoms with Gasteiger partial charge >= 0.3 is 0 Å². The summed E-state index contributed by atoms with van der Waals surface area (Å²) >= 11 is 2.39. The van der Waals surface area contributed by atoms with Gasteiger partial charge in [-0.15, -0.1) is 0 Å². The summed E-state index contributed by atoms with van der Waals surface area (Å²) in [5.74, 6) is 0. The zero-order chi connectivity index (χ0) is 20.7. The van der Waals surface area contributed by atoms with Gasteiger partial charge in [0.1, 0.15) is 0 Å². The number of hydrogen-bond donors (Lipinski definition) is 1. The molecule has 3 heterocycles. The van der Waals surface area contributed by atoms with E-state index in [-0.39, 0.29) is 12.1 Å². The second-order valence-corrected chi connectivity index (χ2v) is 10.7. The van der Waals surface area contributed by atoms with Gasteiger partial charge in [-0.3, -0.25) is 9.80 Å². The number of anilines is 1. The molecule has 30 heavy (non-hydrogen) atoms. The van der Waals surface area contributed by atoms with Crippen LogP contribution >= 0.6 is 22.6 Å². The molecule has 1 spiro atoms. The Morgan fingerprint density at radius 3 is 2.67 bits per heavy atom. The van der Waals surface area contributed by atoms with Crippen LogP contribution in [0.25, 0.3) is 0 Å². The van der Waals surface area contributed by atoms with E-state index >= 15 is 0 Å². The summed E-state index contributed by atoms with van der Waals surface area (Å²) in [6, 6.07) is 18.0. The van der Waals surface area contributed by atoms with Crippen molar-refractivity contribution in [3.05, 3.63) is 63.2 Å². The lowest BCUT2D eigenvalue weighted by molar-refractivity contribution is -0.0276. The molecule has 0 unspecified atom stereocenters. The standard InChI is InChI=1S/C25H32IN3O/c1-27-18-25(21-7-2-3-8-22(21)27)10-13-29(14-11-25)23-17-28(12-9-24(23)30)16-19-5-4-6-20(26)15-19/h2-8,15,23-24,30H,9-14,16-18H2,1H3/t23-,24-/m1/s1. The maximum absolute atomic E-state index is 10.8. The van der Waals surface area contributed by atoms with Crippen LogP contribution in [0.3, 0.4) is 0 Å². The number of para-hydroxylation sites is 1. The fraction of sp³-hybridized carbons (Fsp3) is 0.520. The summed E-state index contributed by atoms with van der Waals surface area (Å²) in [7, 11) is 2.23. The van der Waals surface area contributed by atoms with E-state index in [1.165, 1.54) is 33.2 Å². The molecule has 0 amide bonds. The van der Waals surface area contributed by atoms with Crippen LogP contribution in [-0.2, 0) is 12.0 Å². The molecule has 0 aromatic heterocycles. The topological polar surface area (TPSA) is 30.0 Å². The molecule has 2 aromatic carbocycles. The fourth-order valence-electron chi connectivity index (χ4n) is 5.97. The Hall–Kier alpha value is -1.15. The summed E-state index contributed by atoms with van der Waals surface area (Å²) in [6.45, 7) is 6.24. The number of aliphatic hydroxyl groups is 1. The van der Waals surface area contributed by atoms with Crippen molar-refractivity contribution in [2.24, 2.45) is 0 Å². The molecule has 160 valence electrons. The van der Waals surface area contributed by atoms with E-state index in [0.717, 1.165) is 45.7 Å². The van der Waals surface area contributed by atoms with Crippen molar-refractivity contribution in [1.29, 1.82) is 0 Å². The van der Waals surface area contributed by atoms with Gasteiger partial charge in [-0.2, -0.15) is 0 Å². The quantitative estimate of drug-likeness (QED) is 0.630. The molecule has 2 atom stereocenters. The van der Waals surface area contributed by atoms with Gasteiger partial charge < -0.3 is 10.0 Å². The number of aliphatic hydroxyl groups excluding tert-OH is 1. The Bertz CT molecular complexity index is 895. The van der Waals surface area contributed by atoms with E-state index in [0.29, 0.717) is 5.41 Å². The number of likely N-dealkylation sites (N-methyl/N-ethyl adjacent to an activating group) is 1. The molecule has 2 fully saturated rings. The third kappa shape index (κ3) is 3.90. The molecule has 3 aliphatic heterocycles. The van der Waals surface area contributed by atoms with E-state index in [2.05, 4.69) is 92.9 Å². The van der Waals surface area contributed by atoms with Gasteiger partial charge in [-0.05, 0) is 84.3 Å². The van der Waals surface area contributed by atoms with Crippen molar-refractivity contribution >= 4 is 28.3 Å². The van der Waals surface area contributed by atoms with Crippen LogP contribution in [0.4, 0.5) is 5.69 Å². The van der Waals surface area contributed by atoms with Gasteiger partial charge in [0.05, 0.1) is 6.10 Å². The van der Waals surface area contributed by atoms with Crippen LogP contribution in [0.15, 0.2) is 48.5 Å². The third-order valence-corrected chi connectivity index (χ3v) is 8.25. The van der Waals surface area contributed by atoms with Crippen molar-refractivity contribution in [2.75, 3.05) is 44.7 Å². The van der Waals surface area contributed by atoms with Gasteiger partial charge in [-0.25, -0.2) is 0 Å². The predicted molar refractivity (Wildman–Crippen MR) is 131 cm³/mol. The minimum atomic E-state index is -0.204. The second kappa shape index (κ2) is 8.41. The first-order chi connectivity index (χ1) is 14.5. The van der Waals surface area contributed by atoms with E-state index in [9.17, 15) is 5.11 Å². The number of likely N-dealkylation sites (tertiary alicyclic amines) is 2. The Labute approximate surface area is 194 Å². The molecule has 2 saturated heterocycles. The first-order valence-corrected chi connectivity index (χ1v) is 12.3. The highest BCUT2D eigenvalue weighted by Crippen LogP contribution is 2.46. The predicted octanol–water partition coefficient (Wildman–Crippen LogP) is 3.71.